The van der Waals surface area contributed by atoms with E-state index in [2.05, 4.69) is 20.5 Å². The van der Waals surface area contributed by atoms with Gasteiger partial charge in [0.1, 0.15) is 5.15 Å². The molecular formula is C16H12Cl2N4O2S. The first-order valence-corrected chi connectivity index (χ1v) is 8.94. The third-order valence-corrected chi connectivity index (χ3v) is 4.40. The van der Waals surface area contributed by atoms with Crippen molar-refractivity contribution in [2.45, 2.75) is 11.8 Å². The van der Waals surface area contributed by atoms with Gasteiger partial charge in [-0.05, 0) is 35.9 Å². The molecule has 0 bridgehead atoms. The van der Waals surface area contributed by atoms with Crippen LogP contribution < -0.4 is 5.32 Å². The van der Waals surface area contributed by atoms with E-state index in [1.165, 1.54) is 11.8 Å². The molecule has 3 rings (SSSR count). The van der Waals surface area contributed by atoms with Gasteiger partial charge in [0.05, 0.1) is 5.75 Å². The maximum atomic E-state index is 11.9. The summed E-state index contributed by atoms with van der Waals surface area (Å²) in [6.07, 6.45) is 1.62. The lowest BCUT2D eigenvalue weighted by atomic mass is 10.2. The van der Waals surface area contributed by atoms with E-state index in [-0.39, 0.29) is 11.7 Å². The van der Waals surface area contributed by atoms with Gasteiger partial charge < -0.3 is 9.73 Å². The van der Waals surface area contributed by atoms with Gasteiger partial charge in [0.2, 0.25) is 11.8 Å². The summed E-state index contributed by atoms with van der Waals surface area (Å²) in [5, 5.41) is 12.0. The fourth-order valence-corrected chi connectivity index (χ4v) is 2.70. The first-order chi connectivity index (χ1) is 12.1. The number of amides is 1. The van der Waals surface area contributed by atoms with Gasteiger partial charge in [-0.1, -0.05) is 41.0 Å². The number of aromatic nitrogens is 3. The number of thioether (sulfide) groups is 1. The minimum Gasteiger partial charge on any atom is -0.411 e. The zero-order chi connectivity index (χ0) is 17.6. The highest BCUT2D eigenvalue weighted by molar-refractivity contribution is 7.99. The molecule has 25 heavy (non-hydrogen) atoms. The molecule has 0 saturated heterocycles. The Kier molecular flexibility index (Phi) is 5.91. The Morgan fingerprint density at radius 2 is 1.92 bits per heavy atom. The molecule has 0 radical (unpaired) electrons. The Balaban J connectivity index is 1.49. The molecule has 0 aliphatic rings. The molecule has 9 heteroatoms. The number of pyridine rings is 1. The average molecular weight is 395 g/mol. The van der Waals surface area contributed by atoms with Crippen LogP contribution in [0.5, 0.6) is 0 Å². The molecule has 0 spiro atoms. The van der Waals surface area contributed by atoms with Crippen LogP contribution >= 0.6 is 35.0 Å². The Hall–Kier alpha value is -2.09. The molecule has 1 aromatic carbocycles. The predicted octanol–water partition coefficient (Wildman–Crippen LogP) is 3.85. The van der Waals surface area contributed by atoms with Gasteiger partial charge >= 0.3 is 0 Å². The fraction of sp³-hybridized carbons (Fsp3) is 0.125. The van der Waals surface area contributed by atoms with Gasteiger partial charge in [0, 0.05) is 23.3 Å². The lowest BCUT2D eigenvalue weighted by Gasteiger charge is -2.03. The molecule has 0 aliphatic carbocycles. The van der Waals surface area contributed by atoms with Gasteiger partial charge in [-0.3, -0.25) is 4.79 Å². The maximum absolute atomic E-state index is 11.9. The predicted molar refractivity (Wildman–Crippen MR) is 96.6 cm³/mol. The van der Waals surface area contributed by atoms with E-state index in [1.54, 1.807) is 42.6 Å². The van der Waals surface area contributed by atoms with Crippen LogP contribution in [0, 0.1) is 0 Å². The van der Waals surface area contributed by atoms with Gasteiger partial charge in [-0.25, -0.2) is 4.98 Å². The van der Waals surface area contributed by atoms with Gasteiger partial charge in [0.15, 0.2) is 0 Å². The van der Waals surface area contributed by atoms with Crippen LogP contribution in [0.15, 0.2) is 52.2 Å². The molecule has 0 atom stereocenters. The summed E-state index contributed by atoms with van der Waals surface area (Å²) < 4.78 is 5.53. The number of carbonyl (C=O) groups is 1. The lowest BCUT2D eigenvalue weighted by Crippen LogP contribution is -2.24. The number of carbonyl (C=O) groups excluding carboxylic acids is 1. The van der Waals surface area contributed by atoms with E-state index in [0.29, 0.717) is 27.8 Å². The number of nitrogens with zero attached hydrogens (tertiary/aromatic N) is 3. The summed E-state index contributed by atoms with van der Waals surface area (Å²) in [5.41, 5.74) is 1.63. The van der Waals surface area contributed by atoms with Crippen LogP contribution in [-0.4, -0.2) is 26.8 Å². The summed E-state index contributed by atoms with van der Waals surface area (Å²) in [4.78, 5) is 15.8. The van der Waals surface area contributed by atoms with Crippen LogP contribution in [0.25, 0.3) is 11.5 Å². The first-order valence-electron chi connectivity index (χ1n) is 7.19. The Morgan fingerprint density at radius 3 is 2.64 bits per heavy atom. The van der Waals surface area contributed by atoms with Crippen molar-refractivity contribution in [2.24, 2.45) is 0 Å². The standard InChI is InChI=1S/C16H12Cl2N4O2S/c17-12-4-2-11(3-5-12)15-21-22-16(24-15)25-9-14(23)20-8-10-1-6-13(18)19-7-10/h1-7H,8-9H2,(H,20,23). The number of hydrogen-bond donors (Lipinski definition) is 1. The summed E-state index contributed by atoms with van der Waals surface area (Å²) in [5.74, 6) is 0.404. The van der Waals surface area contributed by atoms with Gasteiger partial charge in [-0.2, -0.15) is 0 Å². The van der Waals surface area contributed by atoms with Crippen molar-refractivity contribution in [1.29, 1.82) is 0 Å². The number of rotatable bonds is 6. The molecule has 1 N–H and O–H groups in total. The molecule has 0 fully saturated rings. The molecule has 2 heterocycles. The maximum Gasteiger partial charge on any atom is 0.277 e. The highest BCUT2D eigenvalue weighted by Crippen LogP contribution is 2.24. The van der Waals surface area contributed by atoms with Crippen LogP contribution in [0.2, 0.25) is 10.2 Å². The number of nitrogens with one attached hydrogen (secondary N) is 1. The first kappa shape index (κ1) is 17.7. The van der Waals surface area contributed by atoms with E-state index in [1.807, 2.05) is 0 Å². The SMILES string of the molecule is O=C(CSc1nnc(-c2ccc(Cl)cc2)o1)NCc1ccc(Cl)nc1. The van der Waals surface area contributed by atoms with E-state index in [0.717, 1.165) is 11.1 Å². The fourth-order valence-electron chi connectivity index (χ4n) is 1.87. The molecule has 0 aliphatic heterocycles. The molecule has 128 valence electrons. The quantitative estimate of drug-likeness (QED) is 0.505. The van der Waals surface area contributed by atoms with Crippen molar-refractivity contribution < 1.29 is 9.21 Å². The molecule has 0 unspecified atom stereocenters. The number of halogens is 2. The Labute approximate surface area is 158 Å². The minimum atomic E-state index is -0.147. The van der Waals surface area contributed by atoms with Crippen LogP contribution in [-0.2, 0) is 11.3 Å². The van der Waals surface area contributed by atoms with Crippen LogP contribution in [0.4, 0.5) is 0 Å². The largest absolute Gasteiger partial charge is 0.411 e. The van der Waals surface area contributed by atoms with Crippen molar-refractivity contribution in [2.75, 3.05) is 5.75 Å². The highest BCUT2D eigenvalue weighted by Gasteiger charge is 2.11. The third kappa shape index (κ3) is 5.19. The van der Waals surface area contributed by atoms with Crippen molar-refractivity contribution >= 4 is 40.9 Å². The zero-order valence-corrected chi connectivity index (χ0v) is 15.1. The minimum absolute atomic E-state index is 0.147. The monoisotopic (exact) mass is 394 g/mol. The normalized spacial score (nSPS) is 10.6. The van der Waals surface area contributed by atoms with Crippen molar-refractivity contribution in [3.63, 3.8) is 0 Å². The second-order valence-corrected chi connectivity index (χ2v) is 6.68. The summed E-state index contributed by atoms with van der Waals surface area (Å²) >= 11 is 12.7. The smallest absolute Gasteiger partial charge is 0.277 e. The molecule has 6 nitrogen and oxygen atoms in total. The van der Waals surface area contributed by atoms with E-state index < -0.39 is 0 Å². The number of benzene rings is 1. The summed E-state index contributed by atoms with van der Waals surface area (Å²) in [6, 6.07) is 10.5. The van der Waals surface area contributed by atoms with Crippen LogP contribution in [0.3, 0.4) is 0 Å². The summed E-state index contributed by atoms with van der Waals surface area (Å²) in [6.45, 7) is 0.378. The number of hydrogen-bond acceptors (Lipinski definition) is 6. The lowest BCUT2D eigenvalue weighted by molar-refractivity contribution is -0.118. The van der Waals surface area contributed by atoms with Gasteiger partial charge in [0.25, 0.3) is 5.22 Å². The Morgan fingerprint density at radius 1 is 1.12 bits per heavy atom. The van der Waals surface area contributed by atoms with Crippen LogP contribution in [0.1, 0.15) is 5.56 Å². The van der Waals surface area contributed by atoms with Gasteiger partial charge in [-0.15, -0.1) is 10.2 Å². The second-order valence-electron chi connectivity index (χ2n) is 4.93. The van der Waals surface area contributed by atoms with E-state index >= 15 is 0 Å². The van der Waals surface area contributed by atoms with Crippen molar-refractivity contribution in [1.82, 2.24) is 20.5 Å². The van der Waals surface area contributed by atoms with Crippen molar-refractivity contribution in [3.8, 4) is 11.5 Å². The molecule has 0 saturated carbocycles. The van der Waals surface area contributed by atoms with E-state index in [9.17, 15) is 4.79 Å². The van der Waals surface area contributed by atoms with E-state index in [4.69, 9.17) is 27.6 Å². The second kappa shape index (κ2) is 8.33. The summed E-state index contributed by atoms with van der Waals surface area (Å²) in [7, 11) is 0. The molecule has 3 aromatic rings. The molecular weight excluding hydrogens is 383 g/mol. The van der Waals surface area contributed by atoms with Crippen molar-refractivity contribution in [3.05, 3.63) is 58.3 Å². The topological polar surface area (TPSA) is 80.9 Å². The molecule has 2 aromatic heterocycles. The Bertz CT molecular complexity index is 853. The zero-order valence-electron chi connectivity index (χ0n) is 12.8. The highest BCUT2D eigenvalue weighted by atomic mass is 35.5. The third-order valence-electron chi connectivity index (χ3n) is 3.10. The molecule has 1 amide bonds. The average Bonchev–Trinajstić information content (AvgIpc) is 3.09.